The van der Waals surface area contributed by atoms with Crippen LogP contribution >= 0.6 is 0 Å². The van der Waals surface area contributed by atoms with Gasteiger partial charge in [0.15, 0.2) is 0 Å². The van der Waals surface area contributed by atoms with Gasteiger partial charge in [-0.2, -0.15) is 0 Å². The zero-order chi connectivity index (χ0) is 15.6. The largest absolute Gasteiger partial charge is 0.279 e. The van der Waals surface area contributed by atoms with Crippen LogP contribution in [-0.2, 0) is 10.0 Å². The Kier molecular flexibility index (Phi) is 3.95. The molecular weight excluding hydrogens is 292 g/mol. The Hall–Kier alpha value is -2.41. The molecule has 1 N–H and O–H groups in total. The van der Waals surface area contributed by atoms with E-state index in [2.05, 4.69) is 4.72 Å². The van der Waals surface area contributed by atoms with Gasteiger partial charge in [-0.3, -0.25) is 14.8 Å². The standard InChI is InChI=1S/C14H14N2O4S/c1-10-6-8-12(9-7-10)21(19,20)15-13-4-3-5-14(11(13)2)16(17)18/h3-9,15H,1-2H3. The number of aryl methyl sites for hydroxylation is 1. The second kappa shape index (κ2) is 5.53. The van der Waals surface area contributed by atoms with Crippen molar-refractivity contribution in [2.75, 3.05) is 4.72 Å². The summed E-state index contributed by atoms with van der Waals surface area (Å²) in [5.74, 6) is 0. The summed E-state index contributed by atoms with van der Waals surface area (Å²) in [6.45, 7) is 3.36. The minimum atomic E-state index is -3.77. The van der Waals surface area contributed by atoms with E-state index in [1.807, 2.05) is 6.92 Å². The molecule has 0 aromatic heterocycles. The highest BCUT2D eigenvalue weighted by Gasteiger charge is 2.19. The van der Waals surface area contributed by atoms with E-state index >= 15 is 0 Å². The van der Waals surface area contributed by atoms with E-state index in [0.717, 1.165) is 5.56 Å². The maximum absolute atomic E-state index is 12.3. The Morgan fingerprint density at radius 2 is 1.67 bits per heavy atom. The van der Waals surface area contributed by atoms with Gasteiger partial charge in [-0.05, 0) is 32.0 Å². The van der Waals surface area contributed by atoms with E-state index < -0.39 is 14.9 Å². The van der Waals surface area contributed by atoms with Gasteiger partial charge in [0.25, 0.3) is 15.7 Å². The molecule has 0 saturated heterocycles. The number of hydrogen-bond acceptors (Lipinski definition) is 4. The van der Waals surface area contributed by atoms with Crippen LogP contribution < -0.4 is 4.72 Å². The predicted octanol–water partition coefficient (Wildman–Crippen LogP) is 3.01. The summed E-state index contributed by atoms with van der Waals surface area (Å²) in [6.07, 6.45) is 0. The number of sulfonamides is 1. The normalized spacial score (nSPS) is 11.1. The molecule has 0 bridgehead atoms. The highest BCUT2D eigenvalue weighted by Crippen LogP contribution is 2.27. The first-order valence-corrected chi connectivity index (χ1v) is 7.63. The van der Waals surface area contributed by atoms with Gasteiger partial charge in [0.1, 0.15) is 0 Å². The topological polar surface area (TPSA) is 89.3 Å². The number of nitro benzene ring substituents is 1. The molecule has 0 spiro atoms. The molecule has 2 aromatic rings. The first-order chi connectivity index (χ1) is 9.81. The van der Waals surface area contributed by atoms with Crippen molar-refractivity contribution >= 4 is 21.4 Å². The lowest BCUT2D eigenvalue weighted by Crippen LogP contribution is -2.14. The molecule has 0 saturated carbocycles. The van der Waals surface area contributed by atoms with Gasteiger partial charge in [-0.25, -0.2) is 8.42 Å². The Balaban J connectivity index is 2.39. The van der Waals surface area contributed by atoms with Crippen LogP contribution in [0.2, 0.25) is 0 Å². The SMILES string of the molecule is Cc1ccc(S(=O)(=O)Nc2cccc([N+](=O)[O-])c2C)cc1. The van der Waals surface area contributed by atoms with Crippen LogP contribution in [-0.4, -0.2) is 13.3 Å². The van der Waals surface area contributed by atoms with Crippen molar-refractivity contribution in [3.05, 3.63) is 63.7 Å². The van der Waals surface area contributed by atoms with Gasteiger partial charge >= 0.3 is 0 Å². The van der Waals surface area contributed by atoms with E-state index in [1.165, 1.54) is 37.3 Å². The summed E-state index contributed by atoms with van der Waals surface area (Å²) in [5, 5.41) is 10.9. The molecule has 2 rings (SSSR count). The average molecular weight is 306 g/mol. The fourth-order valence-electron chi connectivity index (χ4n) is 1.85. The summed E-state index contributed by atoms with van der Waals surface area (Å²) in [5.41, 5.74) is 1.29. The van der Waals surface area contributed by atoms with Crippen molar-refractivity contribution in [1.29, 1.82) is 0 Å². The number of nitrogens with one attached hydrogen (secondary N) is 1. The fourth-order valence-corrected chi connectivity index (χ4v) is 2.98. The van der Waals surface area contributed by atoms with E-state index in [-0.39, 0.29) is 21.8 Å². The number of nitrogens with zero attached hydrogens (tertiary/aromatic N) is 1. The van der Waals surface area contributed by atoms with Gasteiger partial charge in [0.2, 0.25) is 0 Å². The molecule has 7 heteroatoms. The molecule has 0 amide bonds. The van der Waals surface area contributed by atoms with Crippen LogP contribution in [0.4, 0.5) is 11.4 Å². The van der Waals surface area contributed by atoms with Crippen LogP contribution in [0.5, 0.6) is 0 Å². The molecule has 0 aliphatic rings. The highest BCUT2D eigenvalue weighted by atomic mass is 32.2. The fraction of sp³-hybridized carbons (Fsp3) is 0.143. The van der Waals surface area contributed by atoms with Crippen LogP contribution in [0.3, 0.4) is 0 Å². The maximum Gasteiger partial charge on any atom is 0.274 e. The quantitative estimate of drug-likeness (QED) is 0.694. The molecule has 2 aromatic carbocycles. The molecule has 6 nitrogen and oxygen atoms in total. The van der Waals surface area contributed by atoms with Crippen molar-refractivity contribution in [2.45, 2.75) is 18.7 Å². The van der Waals surface area contributed by atoms with Crippen molar-refractivity contribution in [3.8, 4) is 0 Å². The lowest BCUT2D eigenvalue weighted by molar-refractivity contribution is -0.385. The van der Waals surface area contributed by atoms with E-state index in [0.29, 0.717) is 0 Å². The second-order valence-electron chi connectivity index (χ2n) is 4.63. The molecule has 0 fully saturated rings. The minimum absolute atomic E-state index is 0.110. The van der Waals surface area contributed by atoms with Gasteiger partial charge in [0.05, 0.1) is 21.1 Å². The predicted molar refractivity (Wildman–Crippen MR) is 79.8 cm³/mol. The summed E-state index contributed by atoms with van der Waals surface area (Å²) < 4.78 is 26.9. The third-order valence-electron chi connectivity index (χ3n) is 3.08. The number of anilines is 1. The highest BCUT2D eigenvalue weighted by molar-refractivity contribution is 7.92. The van der Waals surface area contributed by atoms with Crippen LogP contribution in [0.15, 0.2) is 47.4 Å². The van der Waals surface area contributed by atoms with Gasteiger partial charge in [0, 0.05) is 6.07 Å². The molecule has 0 aliphatic carbocycles. The molecule has 0 unspecified atom stereocenters. The molecule has 0 radical (unpaired) electrons. The summed E-state index contributed by atoms with van der Waals surface area (Å²) >= 11 is 0. The lowest BCUT2D eigenvalue weighted by atomic mass is 10.2. The molecule has 0 aliphatic heterocycles. The van der Waals surface area contributed by atoms with E-state index in [4.69, 9.17) is 0 Å². The number of rotatable bonds is 4. The molecule has 0 heterocycles. The average Bonchev–Trinajstić information content (AvgIpc) is 2.41. The zero-order valence-corrected chi connectivity index (χ0v) is 12.3. The molecule has 0 atom stereocenters. The Morgan fingerprint density at radius 1 is 1.05 bits per heavy atom. The molecule has 110 valence electrons. The number of hydrogen-bond donors (Lipinski definition) is 1. The van der Waals surface area contributed by atoms with E-state index in [9.17, 15) is 18.5 Å². The minimum Gasteiger partial charge on any atom is -0.279 e. The summed E-state index contributed by atoms with van der Waals surface area (Å²) in [6, 6.07) is 10.6. The van der Waals surface area contributed by atoms with E-state index in [1.54, 1.807) is 12.1 Å². The van der Waals surface area contributed by atoms with Crippen molar-refractivity contribution < 1.29 is 13.3 Å². The van der Waals surface area contributed by atoms with Crippen molar-refractivity contribution in [2.24, 2.45) is 0 Å². The van der Waals surface area contributed by atoms with Gasteiger partial charge in [-0.1, -0.05) is 23.8 Å². The summed E-state index contributed by atoms with van der Waals surface area (Å²) in [7, 11) is -3.77. The second-order valence-corrected chi connectivity index (χ2v) is 6.31. The van der Waals surface area contributed by atoms with Crippen molar-refractivity contribution in [3.63, 3.8) is 0 Å². The smallest absolute Gasteiger partial charge is 0.274 e. The third kappa shape index (κ3) is 3.19. The lowest BCUT2D eigenvalue weighted by Gasteiger charge is -2.10. The number of benzene rings is 2. The van der Waals surface area contributed by atoms with Gasteiger partial charge in [-0.15, -0.1) is 0 Å². The molecule has 21 heavy (non-hydrogen) atoms. The maximum atomic E-state index is 12.3. The van der Waals surface area contributed by atoms with Gasteiger partial charge < -0.3 is 0 Å². The molecular formula is C14H14N2O4S. The monoisotopic (exact) mass is 306 g/mol. The Bertz CT molecular complexity index is 783. The Labute approximate surface area is 122 Å². The van der Waals surface area contributed by atoms with Crippen LogP contribution in [0, 0.1) is 24.0 Å². The van der Waals surface area contributed by atoms with Crippen LogP contribution in [0.25, 0.3) is 0 Å². The summed E-state index contributed by atoms with van der Waals surface area (Å²) in [4.78, 5) is 10.4. The zero-order valence-electron chi connectivity index (χ0n) is 11.5. The first kappa shape index (κ1) is 15.0. The Morgan fingerprint density at radius 3 is 2.24 bits per heavy atom. The van der Waals surface area contributed by atoms with Crippen LogP contribution in [0.1, 0.15) is 11.1 Å². The third-order valence-corrected chi connectivity index (χ3v) is 4.46. The first-order valence-electron chi connectivity index (χ1n) is 6.15. The number of nitro groups is 1. The van der Waals surface area contributed by atoms with Crippen molar-refractivity contribution in [1.82, 2.24) is 0 Å².